The monoisotopic (exact) mass is 254 g/mol. The van der Waals surface area contributed by atoms with Crippen molar-refractivity contribution in [2.45, 2.75) is 25.0 Å². The first-order chi connectivity index (χ1) is 8.61. The van der Waals surface area contributed by atoms with Gasteiger partial charge < -0.3 is 19.7 Å². The van der Waals surface area contributed by atoms with Crippen molar-refractivity contribution < 1.29 is 24.5 Å². The summed E-state index contributed by atoms with van der Waals surface area (Å²) in [6, 6.07) is 9.07. The second kappa shape index (κ2) is 7.68. The Morgan fingerprint density at radius 1 is 1.22 bits per heavy atom. The highest BCUT2D eigenvalue weighted by atomic mass is 16.5. The number of ether oxygens (including phenoxy) is 2. The maximum atomic E-state index is 10.9. The van der Waals surface area contributed by atoms with Crippen LogP contribution >= 0.6 is 0 Å². The highest BCUT2D eigenvalue weighted by Gasteiger charge is 2.16. The van der Waals surface area contributed by atoms with Gasteiger partial charge in [-0.15, -0.1) is 0 Å². The van der Waals surface area contributed by atoms with E-state index in [4.69, 9.17) is 4.74 Å². The number of esters is 1. The molecule has 5 nitrogen and oxygen atoms in total. The van der Waals surface area contributed by atoms with Gasteiger partial charge in [0.15, 0.2) is 0 Å². The standard InChI is InChI=1S/C13H18O5/c1-17-13(16)8-10(14)7-11(15)9-18-12-5-3-2-4-6-12/h2-6,10-11,14-15H,7-9H2,1H3/t10-,11+/m1/s1. The summed E-state index contributed by atoms with van der Waals surface area (Å²) in [5.41, 5.74) is 0. The van der Waals surface area contributed by atoms with Gasteiger partial charge in [-0.1, -0.05) is 18.2 Å². The van der Waals surface area contributed by atoms with E-state index >= 15 is 0 Å². The second-order valence-corrected chi connectivity index (χ2v) is 3.95. The van der Waals surface area contributed by atoms with Gasteiger partial charge in [-0.2, -0.15) is 0 Å². The van der Waals surface area contributed by atoms with Crippen molar-refractivity contribution in [1.29, 1.82) is 0 Å². The van der Waals surface area contributed by atoms with Gasteiger partial charge in [0.1, 0.15) is 12.4 Å². The molecule has 1 aromatic carbocycles. The number of benzene rings is 1. The molecule has 0 amide bonds. The van der Waals surface area contributed by atoms with Gasteiger partial charge in [0.25, 0.3) is 0 Å². The molecule has 0 spiro atoms. The fourth-order valence-corrected chi connectivity index (χ4v) is 1.45. The Kier molecular flexibility index (Phi) is 6.18. The Labute approximate surface area is 106 Å². The molecule has 0 bridgehead atoms. The van der Waals surface area contributed by atoms with Gasteiger partial charge in [0.05, 0.1) is 25.7 Å². The molecule has 0 aliphatic carbocycles. The molecule has 0 saturated heterocycles. The number of aliphatic hydroxyl groups is 2. The van der Waals surface area contributed by atoms with E-state index in [1.165, 1.54) is 7.11 Å². The highest BCUT2D eigenvalue weighted by molar-refractivity contribution is 5.69. The third-order valence-corrected chi connectivity index (χ3v) is 2.36. The van der Waals surface area contributed by atoms with E-state index in [0.29, 0.717) is 5.75 Å². The average Bonchev–Trinajstić information content (AvgIpc) is 2.37. The van der Waals surface area contributed by atoms with Crippen molar-refractivity contribution in [2.24, 2.45) is 0 Å². The zero-order valence-electron chi connectivity index (χ0n) is 10.3. The summed E-state index contributed by atoms with van der Waals surface area (Å²) in [7, 11) is 1.25. The van der Waals surface area contributed by atoms with Gasteiger partial charge in [-0.25, -0.2) is 0 Å². The molecule has 0 fully saturated rings. The molecular weight excluding hydrogens is 236 g/mol. The van der Waals surface area contributed by atoms with E-state index < -0.39 is 18.2 Å². The minimum absolute atomic E-state index is 0.0714. The van der Waals surface area contributed by atoms with Crippen molar-refractivity contribution in [3.8, 4) is 5.75 Å². The van der Waals surface area contributed by atoms with Crippen molar-refractivity contribution in [1.82, 2.24) is 0 Å². The molecule has 2 N–H and O–H groups in total. The van der Waals surface area contributed by atoms with Crippen LogP contribution in [0.4, 0.5) is 0 Å². The van der Waals surface area contributed by atoms with E-state index in [2.05, 4.69) is 4.74 Å². The average molecular weight is 254 g/mol. The third-order valence-electron chi connectivity index (χ3n) is 2.36. The lowest BCUT2D eigenvalue weighted by Gasteiger charge is -2.15. The third kappa shape index (κ3) is 5.65. The van der Waals surface area contributed by atoms with Gasteiger partial charge in [-0.05, 0) is 12.1 Å². The number of hydrogen-bond donors (Lipinski definition) is 2. The molecule has 1 aromatic rings. The maximum Gasteiger partial charge on any atom is 0.308 e. The predicted molar refractivity (Wildman–Crippen MR) is 65.2 cm³/mol. The fraction of sp³-hybridized carbons (Fsp3) is 0.462. The van der Waals surface area contributed by atoms with E-state index in [1.54, 1.807) is 12.1 Å². The van der Waals surface area contributed by atoms with Crippen LogP contribution in [0.2, 0.25) is 0 Å². The Bertz CT molecular complexity index is 352. The van der Waals surface area contributed by atoms with Crippen molar-refractivity contribution in [3.63, 3.8) is 0 Å². The number of carbonyl (C=O) groups excluding carboxylic acids is 1. The van der Waals surface area contributed by atoms with Gasteiger partial charge in [-0.3, -0.25) is 4.79 Å². The Balaban J connectivity index is 2.25. The summed E-state index contributed by atoms with van der Waals surface area (Å²) in [6.45, 7) is 0.0717. The van der Waals surface area contributed by atoms with E-state index in [-0.39, 0.29) is 19.4 Å². The van der Waals surface area contributed by atoms with Crippen LogP contribution in [0.5, 0.6) is 5.75 Å². The summed E-state index contributed by atoms with van der Waals surface area (Å²) >= 11 is 0. The molecule has 100 valence electrons. The summed E-state index contributed by atoms with van der Waals surface area (Å²) < 4.78 is 9.74. The number of aliphatic hydroxyl groups excluding tert-OH is 2. The lowest BCUT2D eigenvalue weighted by atomic mass is 10.1. The molecule has 0 aromatic heterocycles. The van der Waals surface area contributed by atoms with Crippen LogP contribution in [0, 0.1) is 0 Å². The van der Waals surface area contributed by atoms with E-state index in [0.717, 1.165) is 0 Å². The lowest BCUT2D eigenvalue weighted by molar-refractivity contribution is -0.143. The van der Waals surface area contributed by atoms with Crippen molar-refractivity contribution in [2.75, 3.05) is 13.7 Å². The van der Waals surface area contributed by atoms with Crippen LogP contribution in [0.15, 0.2) is 30.3 Å². The van der Waals surface area contributed by atoms with Crippen LogP contribution in [0.1, 0.15) is 12.8 Å². The minimum atomic E-state index is -0.924. The van der Waals surface area contributed by atoms with Crippen LogP contribution in [-0.4, -0.2) is 42.1 Å². The van der Waals surface area contributed by atoms with Gasteiger partial charge >= 0.3 is 5.97 Å². The zero-order valence-corrected chi connectivity index (χ0v) is 10.3. The summed E-state index contributed by atoms with van der Waals surface area (Å²) in [6.07, 6.45) is -1.81. The van der Waals surface area contributed by atoms with Crippen LogP contribution in [0.25, 0.3) is 0 Å². The first kappa shape index (κ1) is 14.5. The first-order valence-corrected chi connectivity index (χ1v) is 5.72. The quantitative estimate of drug-likeness (QED) is 0.702. The molecule has 0 aliphatic rings. The molecule has 2 atom stereocenters. The maximum absolute atomic E-state index is 10.9. The van der Waals surface area contributed by atoms with E-state index in [9.17, 15) is 15.0 Å². The van der Waals surface area contributed by atoms with Gasteiger partial charge in [0.2, 0.25) is 0 Å². The second-order valence-electron chi connectivity index (χ2n) is 3.95. The molecule has 5 heteroatoms. The largest absolute Gasteiger partial charge is 0.491 e. The Morgan fingerprint density at radius 2 is 1.89 bits per heavy atom. The number of para-hydroxylation sites is 1. The Hall–Kier alpha value is -1.59. The van der Waals surface area contributed by atoms with Gasteiger partial charge in [0, 0.05) is 6.42 Å². The number of carbonyl (C=O) groups is 1. The first-order valence-electron chi connectivity index (χ1n) is 5.72. The normalized spacial score (nSPS) is 13.7. The number of hydrogen-bond acceptors (Lipinski definition) is 5. The molecule has 0 aliphatic heterocycles. The van der Waals surface area contributed by atoms with Crippen LogP contribution in [-0.2, 0) is 9.53 Å². The topological polar surface area (TPSA) is 76.0 Å². The molecular formula is C13H18O5. The van der Waals surface area contributed by atoms with Crippen molar-refractivity contribution in [3.05, 3.63) is 30.3 Å². The molecule has 0 unspecified atom stereocenters. The summed E-state index contributed by atoms with van der Waals surface area (Å²) in [4.78, 5) is 10.9. The van der Waals surface area contributed by atoms with E-state index in [1.807, 2.05) is 18.2 Å². The Morgan fingerprint density at radius 3 is 2.50 bits per heavy atom. The SMILES string of the molecule is COC(=O)C[C@H](O)C[C@H](O)COc1ccccc1. The smallest absolute Gasteiger partial charge is 0.308 e. The molecule has 0 heterocycles. The predicted octanol–water partition coefficient (Wildman–Crippen LogP) is 0.740. The summed E-state index contributed by atoms with van der Waals surface area (Å²) in [5, 5.41) is 19.1. The molecule has 0 saturated carbocycles. The minimum Gasteiger partial charge on any atom is -0.491 e. The summed E-state index contributed by atoms with van der Waals surface area (Å²) in [5.74, 6) is 0.151. The zero-order chi connectivity index (χ0) is 13.4. The van der Waals surface area contributed by atoms with Crippen molar-refractivity contribution >= 4 is 5.97 Å². The lowest BCUT2D eigenvalue weighted by Crippen LogP contribution is -2.25. The highest BCUT2D eigenvalue weighted by Crippen LogP contribution is 2.10. The molecule has 0 radical (unpaired) electrons. The molecule has 18 heavy (non-hydrogen) atoms. The fourth-order valence-electron chi connectivity index (χ4n) is 1.45. The number of rotatable bonds is 7. The number of methoxy groups -OCH3 is 1. The van der Waals surface area contributed by atoms with Crippen LogP contribution < -0.4 is 4.74 Å². The van der Waals surface area contributed by atoms with Crippen LogP contribution in [0.3, 0.4) is 0 Å². The molecule has 1 rings (SSSR count).